The zero-order chi connectivity index (χ0) is 15.4. The third-order valence-electron chi connectivity index (χ3n) is 2.84. The van der Waals surface area contributed by atoms with Gasteiger partial charge in [-0.1, -0.05) is 23.7 Å². The largest absolute Gasteiger partial charge is 0.508 e. The van der Waals surface area contributed by atoms with Crippen LogP contribution in [0.4, 0.5) is 0 Å². The van der Waals surface area contributed by atoms with Crippen LogP contribution in [-0.4, -0.2) is 22.3 Å². The molecular formula is C16H11ClO4. The highest BCUT2D eigenvalue weighted by Crippen LogP contribution is 2.23. The van der Waals surface area contributed by atoms with Crippen molar-refractivity contribution in [1.29, 1.82) is 0 Å². The first-order valence-corrected chi connectivity index (χ1v) is 6.38. The summed E-state index contributed by atoms with van der Waals surface area (Å²) in [5.74, 6) is -0.650. The normalized spacial score (nSPS) is 10.7. The number of carbonyl (C=O) groups excluding carboxylic acids is 2. The number of aromatic hydroxyl groups is 2. The van der Waals surface area contributed by atoms with Gasteiger partial charge in [-0.2, -0.15) is 0 Å². The molecule has 2 N–H and O–H groups in total. The lowest BCUT2D eigenvalue weighted by atomic mass is 10.0. The number of phenolic OH excluding ortho intramolecular Hbond substituents is 2. The Morgan fingerprint density at radius 1 is 1.05 bits per heavy atom. The third-order valence-corrected chi connectivity index (χ3v) is 3.07. The Hall–Kier alpha value is -2.59. The molecule has 0 heterocycles. The molecule has 0 aliphatic rings. The van der Waals surface area contributed by atoms with E-state index < -0.39 is 5.78 Å². The van der Waals surface area contributed by atoms with Gasteiger partial charge in [0.2, 0.25) is 0 Å². The second kappa shape index (κ2) is 6.24. The zero-order valence-corrected chi connectivity index (χ0v) is 11.5. The molecule has 21 heavy (non-hydrogen) atoms. The van der Waals surface area contributed by atoms with Crippen LogP contribution in [0, 0.1) is 0 Å². The van der Waals surface area contributed by atoms with Gasteiger partial charge in [0, 0.05) is 10.6 Å². The number of phenols is 2. The first kappa shape index (κ1) is 14.8. The zero-order valence-electron chi connectivity index (χ0n) is 10.8. The van der Waals surface area contributed by atoms with Crippen molar-refractivity contribution < 1.29 is 19.8 Å². The highest BCUT2D eigenvalue weighted by Gasteiger charge is 2.09. The van der Waals surface area contributed by atoms with Crippen molar-refractivity contribution in [2.75, 3.05) is 0 Å². The lowest BCUT2D eigenvalue weighted by molar-refractivity contribution is 0.104. The van der Waals surface area contributed by atoms with Crippen LogP contribution < -0.4 is 0 Å². The molecule has 0 unspecified atom stereocenters. The van der Waals surface area contributed by atoms with E-state index in [1.807, 2.05) is 0 Å². The van der Waals surface area contributed by atoms with Crippen LogP contribution in [0.2, 0.25) is 5.02 Å². The molecule has 0 saturated heterocycles. The van der Waals surface area contributed by atoms with Crippen molar-refractivity contribution in [2.45, 2.75) is 0 Å². The van der Waals surface area contributed by atoms with Crippen molar-refractivity contribution in [1.82, 2.24) is 0 Å². The minimum absolute atomic E-state index is 0.0342. The fourth-order valence-electron chi connectivity index (χ4n) is 1.78. The van der Waals surface area contributed by atoms with E-state index >= 15 is 0 Å². The molecule has 2 aromatic carbocycles. The van der Waals surface area contributed by atoms with Crippen LogP contribution in [0.5, 0.6) is 11.5 Å². The summed E-state index contributed by atoms with van der Waals surface area (Å²) in [5.41, 5.74) is 0.817. The highest BCUT2D eigenvalue weighted by molar-refractivity contribution is 6.31. The summed E-state index contributed by atoms with van der Waals surface area (Å²) in [6, 6.07) is 8.40. The molecule has 0 aromatic heterocycles. The number of carbonyl (C=O) groups is 2. The molecule has 0 aliphatic carbocycles. The molecule has 0 aliphatic heterocycles. The summed E-state index contributed by atoms with van der Waals surface area (Å²) >= 11 is 5.78. The molecule has 5 heteroatoms. The van der Waals surface area contributed by atoms with E-state index in [9.17, 15) is 19.8 Å². The van der Waals surface area contributed by atoms with Gasteiger partial charge in [0.25, 0.3) is 0 Å². The van der Waals surface area contributed by atoms with Crippen molar-refractivity contribution in [3.8, 4) is 11.5 Å². The molecule has 106 valence electrons. The van der Waals surface area contributed by atoms with Crippen molar-refractivity contribution in [3.63, 3.8) is 0 Å². The summed E-state index contributed by atoms with van der Waals surface area (Å²) in [4.78, 5) is 22.9. The molecule has 0 atom stereocenters. The Bertz CT molecular complexity index is 735. The van der Waals surface area contributed by atoms with Gasteiger partial charge in [0.05, 0.1) is 5.56 Å². The predicted molar refractivity (Wildman–Crippen MR) is 80.0 cm³/mol. The smallest absolute Gasteiger partial charge is 0.189 e. The number of rotatable bonds is 4. The molecular weight excluding hydrogens is 292 g/mol. The molecule has 0 amide bonds. The van der Waals surface area contributed by atoms with Gasteiger partial charge >= 0.3 is 0 Å². The Morgan fingerprint density at radius 3 is 2.52 bits per heavy atom. The van der Waals surface area contributed by atoms with Crippen molar-refractivity contribution in [2.24, 2.45) is 0 Å². The highest BCUT2D eigenvalue weighted by atomic mass is 35.5. The van der Waals surface area contributed by atoms with Gasteiger partial charge in [-0.3, -0.25) is 9.59 Å². The summed E-state index contributed by atoms with van der Waals surface area (Å²) in [5, 5.41) is 19.3. The fraction of sp³-hybridized carbons (Fsp3) is 0. The quantitative estimate of drug-likeness (QED) is 0.515. The number of allylic oxidation sites excluding steroid dienone is 1. The van der Waals surface area contributed by atoms with Gasteiger partial charge in [-0.05, 0) is 42.0 Å². The maximum absolute atomic E-state index is 12.0. The molecule has 0 spiro atoms. The number of halogens is 1. The molecule has 0 saturated carbocycles. The average molecular weight is 303 g/mol. The molecule has 4 nitrogen and oxygen atoms in total. The average Bonchev–Trinajstić information content (AvgIpc) is 2.48. The number of ketones is 1. The SMILES string of the molecule is O=Cc1cc(O)ccc1C=CC(=O)c1cc(Cl)ccc1O. The van der Waals surface area contributed by atoms with E-state index in [4.69, 9.17) is 11.6 Å². The second-order valence-corrected chi connectivity index (χ2v) is 4.73. The van der Waals surface area contributed by atoms with Gasteiger partial charge in [0.15, 0.2) is 12.1 Å². The van der Waals surface area contributed by atoms with Crippen LogP contribution in [-0.2, 0) is 0 Å². The molecule has 0 fully saturated rings. The van der Waals surface area contributed by atoms with Crippen LogP contribution in [0.3, 0.4) is 0 Å². The number of hydrogen-bond donors (Lipinski definition) is 2. The lowest BCUT2D eigenvalue weighted by Crippen LogP contribution is -1.95. The Labute approximate surface area is 125 Å². The maximum Gasteiger partial charge on any atom is 0.189 e. The van der Waals surface area contributed by atoms with E-state index in [1.54, 1.807) is 0 Å². The topological polar surface area (TPSA) is 74.6 Å². The monoisotopic (exact) mass is 302 g/mol. The van der Waals surface area contributed by atoms with Crippen LogP contribution in [0.1, 0.15) is 26.3 Å². The second-order valence-electron chi connectivity index (χ2n) is 4.29. The predicted octanol–water partition coefficient (Wildman–Crippen LogP) is 3.46. The van der Waals surface area contributed by atoms with Crippen LogP contribution in [0.25, 0.3) is 6.08 Å². The Morgan fingerprint density at radius 2 is 1.81 bits per heavy atom. The minimum Gasteiger partial charge on any atom is -0.508 e. The first-order chi connectivity index (χ1) is 10.0. The van der Waals surface area contributed by atoms with Crippen molar-refractivity contribution in [3.05, 3.63) is 64.2 Å². The third kappa shape index (κ3) is 3.49. The van der Waals surface area contributed by atoms with E-state index in [-0.39, 0.29) is 22.6 Å². The standard InChI is InChI=1S/C16H11ClO4/c17-12-3-6-16(21)14(8-12)15(20)5-2-10-1-4-13(19)7-11(10)9-18/h1-9,19,21H. The summed E-state index contributed by atoms with van der Waals surface area (Å²) in [6.45, 7) is 0. The lowest BCUT2D eigenvalue weighted by Gasteiger charge is -2.02. The van der Waals surface area contributed by atoms with E-state index in [0.29, 0.717) is 16.9 Å². The number of aldehydes is 1. The fourth-order valence-corrected chi connectivity index (χ4v) is 1.95. The van der Waals surface area contributed by atoms with Crippen molar-refractivity contribution >= 4 is 29.7 Å². The number of hydrogen-bond acceptors (Lipinski definition) is 4. The van der Waals surface area contributed by atoms with E-state index in [2.05, 4.69) is 0 Å². The van der Waals surface area contributed by atoms with Gasteiger partial charge in [-0.25, -0.2) is 0 Å². The number of benzene rings is 2. The van der Waals surface area contributed by atoms with E-state index in [1.165, 1.54) is 48.6 Å². The molecule has 0 radical (unpaired) electrons. The molecule has 0 bridgehead atoms. The van der Waals surface area contributed by atoms with E-state index in [0.717, 1.165) is 0 Å². The van der Waals surface area contributed by atoms with Gasteiger partial charge in [0.1, 0.15) is 11.5 Å². The van der Waals surface area contributed by atoms with Gasteiger partial charge in [-0.15, -0.1) is 0 Å². The summed E-state index contributed by atoms with van der Waals surface area (Å²) in [7, 11) is 0. The Kier molecular flexibility index (Phi) is 4.40. The molecule has 2 aromatic rings. The molecule has 2 rings (SSSR count). The van der Waals surface area contributed by atoms with Gasteiger partial charge < -0.3 is 10.2 Å². The Balaban J connectivity index is 2.31. The summed E-state index contributed by atoms with van der Waals surface area (Å²) in [6.07, 6.45) is 3.25. The minimum atomic E-state index is -0.445. The van der Waals surface area contributed by atoms with Crippen LogP contribution in [0.15, 0.2) is 42.5 Å². The maximum atomic E-state index is 12.0. The first-order valence-electron chi connectivity index (χ1n) is 6.00. The summed E-state index contributed by atoms with van der Waals surface area (Å²) < 4.78 is 0. The van der Waals surface area contributed by atoms with Crippen LogP contribution >= 0.6 is 11.6 Å².